The van der Waals surface area contributed by atoms with Gasteiger partial charge >= 0.3 is 11.9 Å². The van der Waals surface area contributed by atoms with Crippen LogP contribution in [-0.4, -0.2) is 57.8 Å². The van der Waals surface area contributed by atoms with E-state index in [2.05, 4.69) is 106 Å². The number of fused-ring (bicyclic) bond motifs is 1. The maximum atomic E-state index is 9.55. The Labute approximate surface area is 216 Å². The summed E-state index contributed by atoms with van der Waals surface area (Å²) in [7, 11) is 0. The lowest BCUT2D eigenvalue weighted by Gasteiger charge is -2.36. The van der Waals surface area contributed by atoms with Crippen molar-refractivity contribution in [1.82, 2.24) is 9.47 Å². The van der Waals surface area contributed by atoms with Crippen LogP contribution in [0.4, 0.5) is 5.69 Å². The van der Waals surface area contributed by atoms with E-state index < -0.39 is 11.9 Å². The number of nitrogens with zero attached hydrogens (tertiary/aromatic N) is 3. The largest absolute Gasteiger partial charge is 0.478 e. The summed E-state index contributed by atoms with van der Waals surface area (Å²) in [5.41, 5.74) is 6.61. The third-order valence-corrected chi connectivity index (χ3v) is 6.43. The zero-order valence-corrected chi connectivity index (χ0v) is 20.8. The van der Waals surface area contributed by atoms with Crippen molar-refractivity contribution in [3.05, 3.63) is 108 Å². The molecule has 37 heavy (non-hydrogen) atoms. The molecule has 0 unspecified atom stereocenters. The second-order valence-electron chi connectivity index (χ2n) is 8.94. The van der Waals surface area contributed by atoms with E-state index in [1.165, 1.54) is 33.4 Å². The highest BCUT2D eigenvalue weighted by Gasteiger charge is 2.19. The molecule has 0 saturated carbocycles. The molecule has 0 aliphatic carbocycles. The number of carboxylic acid groups (broad SMARTS) is 2. The molecule has 0 amide bonds. The first kappa shape index (κ1) is 25.7. The molecule has 1 fully saturated rings. The van der Waals surface area contributed by atoms with Gasteiger partial charge in [0.05, 0.1) is 5.52 Å². The first-order valence-electron chi connectivity index (χ1n) is 12.2. The maximum absolute atomic E-state index is 9.55. The van der Waals surface area contributed by atoms with E-state index in [0.29, 0.717) is 12.2 Å². The van der Waals surface area contributed by atoms with Gasteiger partial charge in [-0.15, -0.1) is 0 Å². The quantitative estimate of drug-likeness (QED) is 0.366. The third-order valence-electron chi connectivity index (χ3n) is 6.43. The number of aryl methyl sites for hydroxylation is 1. The van der Waals surface area contributed by atoms with Gasteiger partial charge in [0.2, 0.25) is 0 Å². The molecule has 5 rings (SSSR count). The standard InChI is InChI=1S/C26H27N3.C4H4O4/c1-21-9-5-7-13-25(21)29-20-22(24-12-6-8-14-26(24)29)19-27-15-17-28(18-16-27)23-10-3-2-4-11-23;5-3(6)1-2-4(7)8/h2-14,20H,15-19H2,1H3;1-2H,(H,5,6)(H,7,8)/b;2-1+. The molecule has 3 aromatic carbocycles. The van der Waals surface area contributed by atoms with Crippen LogP contribution in [0.1, 0.15) is 11.1 Å². The lowest BCUT2D eigenvalue weighted by atomic mass is 10.1. The van der Waals surface area contributed by atoms with Crippen LogP contribution in [-0.2, 0) is 16.1 Å². The molecule has 0 radical (unpaired) electrons. The molecule has 1 aliphatic heterocycles. The Hall–Kier alpha value is -4.36. The van der Waals surface area contributed by atoms with E-state index in [1.54, 1.807) is 0 Å². The number of carbonyl (C=O) groups is 2. The fraction of sp³-hybridized carbons (Fsp3) is 0.200. The number of anilines is 1. The van der Waals surface area contributed by atoms with Crippen molar-refractivity contribution in [2.45, 2.75) is 13.5 Å². The first-order valence-corrected chi connectivity index (χ1v) is 12.2. The molecular weight excluding hydrogens is 466 g/mol. The average Bonchev–Trinajstić information content (AvgIpc) is 3.27. The van der Waals surface area contributed by atoms with E-state index in [0.717, 1.165) is 32.7 Å². The van der Waals surface area contributed by atoms with Crippen LogP contribution < -0.4 is 4.90 Å². The molecule has 0 spiro atoms. The number of hydrogen-bond donors (Lipinski definition) is 2. The molecule has 0 bridgehead atoms. The molecule has 0 atom stereocenters. The molecular formula is C30H31N3O4. The number of piperazine rings is 1. The van der Waals surface area contributed by atoms with Gasteiger partial charge in [0, 0.05) is 67.8 Å². The van der Waals surface area contributed by atoms with Crippen molar-refractivity contribution in [3.63, 3.8) is 0 Å². The molecule has 4 aromatic rings. The van der Waals surface area contributed by atoms with Crippen molar-refractivity contribution < 1.29 is 19.8 Å². The van der Waals surface area contributed by atoms with Crippen molar-refractivity contribution in [2.24, 2.45) is 0 Å². The Morgan fingerprint density at radius 1 is 0.784 bits per heavy atom. The first-order chi connectivity index (χ1) is 17.9. The number of para-hydroxylation sites is 3. The topological polar surface area (TPSA) is 86.0 Å². The number of carboxylic acids is 2. The van der Waals surface area contributed by atoms with Crippen LogP contribution >= 0.6 is 0 Å². The van der Waals surface area contributed by atoms with Gasteiger partial charge in [-0.2, -0.15) is 0 Å². The number of aliphatic carboxylic acids is 2. The Morgan fingerprint density at radius 3 is 2.03 bits per heavy atom. The van der Waals surface area contributed by atoms with E-state index in [4.69, 9.17) is 10.2 Å². The van der Waals surface area contributed by atoms with E-state index in [9.17, 15) is 9.59 Å². The minimum Gasteiger partial charge on any atom is -0.478 e. The lowest BCUT2D eigenvalue weighted by molar-refractivity contribution is -0.134. The lowest BCUT2D eigenvalue weighted by Crippen LogP contribution is -2.45. The van der Waals surface area contributed by atoms with E-state index in [1.807, 2.05) is 0 Å². The molecule has 1 saturated heterocycles. The van der Waals surface area contributed by atoms with Crippen molar-refractivity contribution in [2.75, 3.05) is 31.1 Å². The third kappa shape index (κ3) is 6.65. The molecule has 7 nitrogen and oxygen atoms in total. The minimum absolute atomic E-state index is 0.558. The van der Waals surface area contributed by atoms with Crippen LogP contribution in [0.25, 0.3) is 16.6 Å². The SMILES string of the molecule is Cc1ccccc1-n1cc(CN2CCN(c3ccccc3)CC2)c2ccccc21.O=C(O)/C=C/C(=O)O. The van der Waals surface area contributed by atoms with Crippen molar-refractivity contribution >= 4 is 28.5 Å². The van der Waals surface area contributed by atoms with Gasteiger partial charge in [-0.3, -0.25) is 4.90 Å². The van der Waals surface area contributed by atoms with Gasteiger partial charge in [-0.25, -0.2) is 9.59 Å². The highest BCUT2D eigenvalue weighted by Crippen LogP contribution is 2.28. The van der Waals surface area contributed by atoms with Gasteiger partial charge < -0.3 is 19.7 Å². The van der Waals surface area contributed by atoms with Crippen molar-refractivity contribution in [1.29, 1.82) is 0 Å². The summed E-state index contributed by atoms with van der Waals surface area (Å²) >= 11 is 0. The molecule has 1 aliphatic rings. The number of aromatic nitrogens is 1. The second kappa shape index (κ2) is 12.1. The summed E-state index contributed by atoms with van der Waals surface area (Å²) in [4.78, 5) is 24.2. The summed E-state index contributed by atoms with van der Waals surface area (Å²) in [6.07, 6.45) is 3.46. The van der Waals surface area contributed by atoms with Gasteiger partial charge in [0.15, 0.2) is 0 Å². The zero-order valence-electron chi connectivity index (χ0n) is 20.8. The fourth-order valence-corrected chi connectivity index (χ4v) is 4.60. The smallest absolute Gasteiger partial charge is 0.328 e. The second-order valence-corrected chi connectivity index (χ2v) is 8.94. The fourth-order valence-electron chi connectivity index (χ4n) is 4.60. The highest BCUT2D eigenvalue weighted by molar-refractivity contribution is 5.89. The van der Waals surface area contributed by atoms with Gasteiger partial charge in [0.1, 0.15) is 0 Å². The Balaban J connectivity index is 0.000000349. The van der Waals surface area contributed by atoms with E-state index in [-0.39, 0.29) is 0 Å². The Kier molecular flexibility index (Phi) is 8.38. The van der Waals surface area contributed by atoms with Gasteiger partial charge in [0.25, 0.3) is 0 Å². The van der Waals surface area contributed by atoms with E-state index >= 15 is 0 Å². The molecule has 7 heteroatoms. The number of hydrogen-bond acceptors (Lipinski definition) is 4. The summed E-state index contributed by atoms with van der Waals surface area (Å²) in [5.74, 6) is -2.51. The van der Waals surface area contributed by atoms with Gasteiger partial charge in [-0.05, 0) is 42.3 Å². The van der Waals surface area contributed by atoms with Crippen LogP contribution in [0.3, 0.4) is 0 Å². The molecule has 1 aromatic heterocycles. The summed E-state index contributed by atoms with van der Waals surface area (Å²) in [6, 6.07) is 28.2. The van der Waals surface area contributed by atoms with Crippen LogP contribution in [0, 0.1) is 6.92 Å². The molecule has 190 valence electrons. The summed E-state index contributed by atoms with van der Waals surface area (Å²) in [5, 5.41) is 17.0. The predicted molar refractivity (Wildman–Crippen MR) is 146 cm³/mol. The predicted octanol–water partition coefficient (Wildman–Crippen LogP) is 4.97. The summed E-state index contributed by atoms with van der Waals surface area (Å²) in [6.45, 7) is 7.55. The van der Waals surface area contributed by atoms with Crippen LogP contribution in [0.15, 0.2) is 97.2 Å². The molecule has 2 N–H and O–H groups in total. The monoisotopic (exact) mass is 497 g/mol. The van der Waals surface area contributed by atoms with Crippen LogP contribution in [0.5, 0.6) is 0 Å². The maximum Gasteiger partial charge on any atom is 0.328 e. The van der Waals surface area contributed by atoms with Gasteiger partial charge in [-0.1, -0.05) is 54.6 Å². The zero-order chi connectivity index (χ0) is 26.2. The highest BCUT2D eigenvalue weighted by atomic mass is 16.4. The minimum atomic E-state index is -1.26. The number of rotatable bonds is 6. The summed E-state index contributed by atoms with van der Waals surface area (Å²) < 4.78 is 2.36. The Bertz CT molecular complexity index is 1370. The normalized spacial score (nSPS) is 13.9. The van der Waals surface area contributed by atoms with Crippen molar-refractivity contribution in [3.8, 4) is 5.69 Å². The Morgan fingerprint density at radius 2 is 1.38 bits per heavy atom. The number of benzene rings is 3. The average molecular weight is 498 g/mol. The molecule has 2 heterocycles. The van der Waals surface area contributed by atoms with Crippen LogP contribution in [0.2, 0.25) is 0 Å².